The number of ether oxygens (including phenoxy) is 1. The van der Waals surface area contributed by atoms with Crippen LogP contribution in [0.25, 0.3) is 5.65 Å². The van der Waals surface area contributed by atoms with E-state index < -0.39 is 0 Å². The fourth-order valence-electron chi connectivity index (χ4n) is 3.16. The van der Waals surface area contributed by atoms with Gasteiger partial charge in [-0.15, -0.1) is 0 Å². The molecule has 0 aliphatic rings. The average molecular weight is 399 g/mol. The molecular formula is C24H21N3O3. The number of carbonyl (C=O) groups excluding carboxylic acids is 1. The number of fused-ring (bicyclic) bond motifs is 1. The van der Waals surface area contributed by atoms with Crippen molar-refractivity contribution >= 4 is 17.2 Å². The number of carbonyl (C=O) groups is 1. The van der Waals surface area contributed by atoms with Crippen LogP contribution in [0.2, 0.25) is 0 Å². The molecule has 0 atom stereocenters. The molecule has 0 saturated heterocycles. The lowest BCUT2D eigenvalue weighted by Crippen LogP contribution is -2.17. The summed E-state index contributed by atoms with van der Waals surface area (Å²) in [6.45, 7) is 3.99. The Labute approximate surface area is 173 Å². The highest BCUT2D eigenvalue weighted by Crippen LogP contribution is 2.25. The van der Waals surface area contributed by atoms with Gasteiger partial charge in [-0.05, 0) is 55.8 Å². The van der Waals surface area contributed by atoms with Crippen LogP contribution in [0.5, 0.6) is 5.75 Å². The van der Waals surface area contributed by atoms with Crippen molar-refractivity contribution in [3.8, 4) is 5.75 Å². The second-order valence-electron chi connectivity index (χ2n) is 7.13. The third-order valence-electron chi connectivity index (χ3n) is 4.67. The molecule has 2 aromatic heterocycles. The normalized spacial score (nSPS) is 10.7. The lowest BCUT2D eigenvalue weighted by Gasteiger charge is -2.13. The van der Waals surface area contributed by atoms with Crippen molar-refractivity contribution in [3.05, 3.63) is 106 Å². The maximum atomic E-state index is 12.6. The Kier molecular flexibility index (Phi) is 5.30. The van der Waals surface area contributed by atoms with E-state index in [1.165, 1.54) is 10.5 Å². The number of aryl methyl sites for hydroxylation is 2. The molecule has 2 heterocycles. The van der Waals surface area contributed by atoms with Crippen molar-refractivity contribution in [3.63, 3.8) is 0 Å². The molecule has 6 nitrogen and oxygen atoms in total. The molecule has 1 amide bonds. The molecule has 0 bridgehead atoms. The van der Waals surface area contributed by atoms with Gasteiger partial charge in [0.25, 0.3) is 11.5 Å². The van der Waals surface area contributed by atoms with Crippen molar-refractivity contribution in [2.75, 3.05) is 5.32 Å². The second-order valence-corrected chi connectivity index (χ2v) is 7.13. The summed E-state index contributed by atoms with van der Waals surface area (Å²) >= 11 is 0. The number of anilines is 1. The van der Waals surface area contributed by atoms with Gasteiger partial charge in [0.2, 0.25) is 0 Å². The zero-order valence-electron chi connectivity index (χ0n) is 16.8. The van der Waals surface area contributed by atoms with E-state index in [2.05, 4.69) is 10.3 Å². The number of rotatable bonds is 5. The molecule has 0 aliphatic carbocycles. The van der Waals surface area contributed by atoms with Crippen LogP contribution in [0.3, 0.4) is 0 Å². The Balaban J connectivity index is 1.54. The number of hydrogen-bond acceptors (Lipinski definition) is 4. The zero-order valence-corrected chi connectivity index (χ0v) is 16.8. The molecule has 0 saturated carbocycles. The highest BCUT2D eigenvalue weighted by Gasteiger charge is 2.11. The highest BCUT2D eigenvalue weighted by molar-refractivity contribution is 6.05. The SMILES string of the molecule is Cc1cccc(C(=O)Nc2ccccc2OCc2cc(=O)n3ccc(C)cc3n2)c1. The van der Waals surface area contributed by atoms with Gasteiger partial charge in [0.1, 0.15) is 18.0 Å². The van der Waals surface area contributed by atoms with Crippen molar-refractivity contribution in [2.45, 2.75) is 20.5 Å². The van der Waals surface area contributed by atoms with Gasteiger partial charge in [0.05, 0.1) is 11.4 Å². The number of nitrogens with one attached hydrogen (secondary N) is 1. The van der Waals surface area contributed by atoms with Gasteiger partial charge in [0, 0.05) is 17.8 Å². The Hall–Kier alpha value is -3.93. The summed E-state index contributed by atoms with van der Waals surface area (Å²) in [6.07, 6.45) is 1.71. The maximum Gasteiger partial charge on any atom is 0.258 e. The van der Waals surface area contributed by atoms with Crippen molar-refractivity contribution in [2.24, 2.45) is 0 Å². The highest BCUT2D eigenvalue weighted by atomic mass is 16.5. The van der Waals surface area contributed by atoms with Crippen LogP contribution in [0.15, 0.2) is 77.7 Å². The molecule has 4 aromatic rings. The molecule has 150 valence electrons. The largest absolute Gasteiger partial charge is 0.485 e. The fourth-order valence-corrected chi connectivity index (χ4v) is 3.16. The van der Waals surface area contributed by atoms with E-state index in [1.807, 2.05) is 56.3 Å². The maximum absolute atomic E-state index is 12.6. The minimum absolute atomic E-state index is 0.108. The van der Waals surface area contributed by atoms with E-state index in [-0.39, 0.29) is 18.1 Å². The van der Waals surface area contributed by atoms with Gasteiger partial charge in [-0.3, -0.25) is 14.0 Å². The van der Waals surface area contributed by atoms with Crippen molar-refractivity contribution < 1.29 is 9.53 Å². The Morgan fingerprint density at radius 3 is 2.63 bits per heavy atom. The number of para-hydroxylation sites is 2. The molecule has 2 aromatic carbocycles. The van der Waals surface area contributed by atoms with Gasteiger partial charge < -0.3 is 10.1 Å². The molecular weight excluding hydrogens is 378 g/mol. The van der Waals surface area contributed by atoms with Crippen LogP contribution < -0.4 is 15.6 Å². The lowest BCUT2D eigenvalue weighted by atomic mass is 10.1. The van der Waals surface area contributed by atoms with Gasteiger partial charge in [-0.25, -0.2) is 4.98 Å². The van der Waals surface area contributed by atoms with Crippen LogP contribution in [-0.2, 0) is 6.61 Å². The first kappa shape index (κ1) is 19.4. The van der Waals surface area contributed by atoms with Gasteiger partial charge in [0.15, 0.2) is 0 Å². The number of aromatic nitrogens is 2. The number of benzene rings is 2. The summed E-state index contributed by atoms with van der Waals surface area (Å²) < 4.78 is 7.39. The summed E-state index contributed by atoms with van der Waals surface area (Å²) in [5.74, 6) is 0.289. The first-order valence-electron chi connectivity index (χ1n) is 9.58. The van der Waals surface area contributed by atoms with E-state index in [0.29, 0.717) is 28.3 Å². The smallest absolute Gasteiger partial charge is 0.258 e. The minimum Gasteiger partial charge on any atom is -0.485 e. The zero-order chi connectivity index (χ0) is 21.1. The number of hydrogen-bond donors (Lipinski definition) is 1. The minimum atomic E-state index is -0.215. The monoisotopic (exact) mass is 399 g/mol. The molecule has 6 heteroatoms. The third kappa shape index (κ3) is 4.22. The van der Waals surface area contributed by atoms with Gasteiger partial charge in [-0.2, -0.15) is 0 Å². The topological polar surface area (TPSA) is 72.7 Å². The average Bonchev–Trinajstić information content (AvgIpc) is 2.73. The van der Waals surface area contributed by atoms with E-state index in [4.69, 9.17) is 4.74 Å². The molecule has 0 fully saturated rings. The van der Waals surface area contributed by atoms with Crippen molar-refractivity contribution in [1.29, 1.82) is 0 Å². The van der Waals surface area contributed by atoms with E-state index >= 15 is 0 Å². The first-order chi connectivity index (χ1) is 14.5. The number of pyridine rings is 1. The van der Waals surface area contributed by atoms with Gasteiger partial charge in [-0.1, -0.05) is 29.8 Å². The third-order valence-corrected chi connectivity index (χ3v) is 4.67. The van der Waals surface area contributed by atoms with E-state index in [0.717, 1.165) is 11.1 Å². The van der Waals surface area contributed by atoms with Crippen molar-refractivity contribution in [1.82, 2.24) is 9.38 Å². The summed E-state index contributed by atoms with van der Waals surface area (Å²) in [5, 5.41) is 2.89. The molecule has 0 radical (unpaired) electrons. The van der Waals surface area contributed by atoms with Crippen LogP contribution >= 0.6 is 0 Å². The van der Waals surface area contributed by atoms with E-state index in [9.17, 15) is 9.59 Å². The Morgan fingerprint density at radius 2 is 1.80 bits per heavy atom. The predicted molar refractivity (Wildman–Crippen MR) is 116 cm³/mol. The summed E-state index contributed by atoms with van der Waals surface area (Å²) in [4.78, 5) is 29.4. The lowest BCUT2D eigenvalue weighted by molar-refractivity contribution is 0.102. The summed E-state index contributed by atoms with van der Waals surface area (Å²) in [6, 6.07) is 19.7. The summed E-state index contributed by atoms with van der Waals surface area (Å²) in [5.41, 5.74) is 4.08. The van der Waals surface area contributed by atoms with Crippen LogP contribution in [0, 0.1) is 13.8 Å². The molecule has 0 unspecified atom stereocenters. The molecule has 1 N–H and O–H groups in total. The molecule has 0 spiro atoms. The van der Waals surface area contributed by atoms with Crippen LogP contribution in [0.4, 0.5) is 5.69 Å². The quantitative estimate of drug-likeness (QED) is 0.547. The number of nitrogens with zero attached hydrogens (tertiary/aromatic N) is 2. The first-order valence-corrected chi connectivity index (χ1v) is 9.58. The fraction of sp³-hybridized carbons (Fsp3) is 0.125. The molecule has 4 rings (SSSR count). The van der Waals surface area contributed by atoms with Crippen LogP contribution in [0.1, 0.15) is 27.2 Å². The van der Waals surface area contributed by atoms with E-state index in [1.54, 1.807) is 24.4 Å². The predicted octanol–water partition coefficient (Wildman–Crippen LogP) is 4.14. The Morgan fingerprint density at radius 1 is 1.00 bits per heavy atom. The molecule has 30 heavy (non-hydrogen) atoms. The number of amides is 1. The summed E-state index contributed by atoms with van der Waals surface area (Å²) in [7, 11) is 0. The second kappa shape index (κ2) is 8.21. The van der Waals surface area contributed by atoms with Gasteiger partial charge >= 0.3 is 0 Å². The Bertz CT molecular complexity index is 1290. The van der Waals surface area contributed by atoms with Crippen LogP contribution in [-0.4, -0.2) is 15.3 Å². The standard InChI is InChI=1S/C24H21N3O3/c1-16-6-5-7-18(12-16)24(29)26-20-8-3-4-9-21(20)30-15-19-14-23(28)27-11-10-17(2)13-22(27)25-19/h3-14H,15H2,1-2H3,(H,26,29). The molecule has 0 aliphatic heterocycles.